The monoisotopic (exact) mass is 520 g/mol. The van der Waals surface area contributed by atoms with E-state index in [0.717, 1.165) is 34.6 Å². The largest absolute Gasteiger partial charge is 0.507 e. The molecule has 0 radical (unpaired) electrons. The molecule has 0 saturated heterocycles. The van der Waals surface area contributed by atoms with E-state index in [-0.39, 0.29) is 24.3 Å². The molecule has 2 aromatic rings. The standard InChI is InChI=1S/C30H36N2O6/c1-5-31-25-12-9-20(14-18(25)3)29(24-15-19(4)26(32-6-2)17-27(24)33)23-16-21(10-11-22(23)30(36)37)38-13-7-8-28(34)35/h10-12,14-17,31-33H,5-9,13H2,1-4H3,(H,34,35)(H,36,37)/b29-20+. The van der Waals surface area contributed by atoms with Crippen molar-refractivity contribution in [3.8, 4) is 11.5 Å². The number of allylic oxidation sites excluding steroid dienone is 4. The van der Waals surface area contributed by atoms with Crippen LogP contribution in [0.1, 0.15) is 67.1 Å². The third kappa shape index (κ3) is 6.76. The Labute approximate surface area is 223 Å². The Morgan fingerprint density at radius 1 is 0.974 bits per heavy atom. The van der Waals surface area contributed by atoms with Crippen LogP contribution in [0.5, 0.6) is 11.5 Å². The van der Waals surface area contributed by atoms with Crippen molar-refractivity contribution >= 4 is 23.2 Å². The Morgan fingerprint density at radius 2 is 1.71 bits per heavy atom. The number of aromatic hydroxyl groups is 1. The number of anilines is 1. The van der Waals surface area contributed by atoms with Crippen LogP contribution in [0.3, 0.4) is 0 Å². The maximum atomic E-state index is 12.3. The van der Waals surface area contributed by atoms with Gasteiger partial charge >= 0.3 is 11.9 Å². The molecule has 0 saturated carbocycles. The molecule has 2 aromatic carbocycles. The van der Waals surface area contributed by atoms with Gasteiger partial charge in [-0.25, -0.2) is 4.79 Å². The topological polar surface area (TPSA) is 128 Å². The average Bonchev–Trinajstić information content (AvgIpc) is 2.86. The van der Waals surface area contributed by atoms with E-state index in [9.17, 15) is 19.8 Å². The lowest BCUT2D eigenvalue weighted by atomic mass is 9.85. The fourth-order valence-corrected chi connectivity index (χ4v) is 4.54. The highest BCUT2D eigenvalue weighted by molar-refractivity contribution is 5.99. The van der Waals surface area contributed by atoms with Crippen LogP contribution < -0.4 is 15.4 Å². The van der Waals surface area contributed by atoms with Crippen LogP contribution in [0, 0.1) is 6.92 Å². The van der Waals surface area contributed by atoms with Crippen LogP contribution in [-0.2, 0) is 4.79 Å². The second kappa shape index (κ2) is 12.9. The van der Waals surface area contributed by atoms with Crippen molar-refractivity contribution in [2.45, 2.75) is 47.0 Å². The first-order chi connectivity index (χ1) is 18.2. The summed E-state index contributed by atoms with van der Waals surface area (Å²) in [7, 11) is 0. The second-order valence-corrected chi connectivity index (χ2v) is 9.15. The van der Waals surface area contributed by atoms with Crippen molar-refractivity contribution in [1.82, 2.24) is 5.32 Å². The summed E-state index contributed by atoms with van der Waals surface area (Å²) >= 11 is 0. The zero-order chi connectivity index (χ0) is 27.8. The van der Waals surface area contributed by atoms with Gasteiger partial charge in [-0.1, -0.05) is 12.2 Å². The Hall–Kier alpha value is -4.20. The minimum absolute atomic E-state index is 0.0226. The van der Waals surface area contributed by atoms with E-state index < -0.39 is 11.9 Å². The quantitative estimate of drug-likeness (QED) is 0.225. The summed E-state index contributed by atoms with van der Waals surface area (Å²) in [6, 6.07) is 8.25. The first-order valence-electron chi connectivity index (χ1n) is 12.8. The molecule has 0 aromatic heterocycles. The van der Waals surface area contributed by atoms with Gasteiger partial charge in [0, 0.05) is 48.1 Å². The van der Waals surface area contributed by atoms with Crippen LogP contribution >= 0.6 is 0 Å². The molecule has 0 heterocycles. The molecule has 5 N–H and O–H groups in total. The number of carboxylic acid groups (broad SMARTS) is 2. The van der Waals surface area contributed by atoms with Gasteiger partial charge in [0.2, 0.25) is 0 Å². The van der Waals surface area contributed by atoms with Gasteiger partial charge in [-0.05, 0) is 87.1 Å². The lowest BCUT2D eigenvalue weighted by Gasteiger charge is -2.23. The molecule has 0 spiro atoms. The predicted molar refractivity (Wildman–Crippen MR) is 149 cm³/mol. The number of aromatic carboxylic acids is 1. The Kier molecular flexibility index (Phi) is 9.60. The highest BCUT2D eigenvalue weighted by Gasteiger charge is 2.23. The molecule has 8 nitrogen and oxygen atoms in total. The van der Waals surface area contributed by atoms with Gasteiger partial charge in [0.25, 0.3) is 0 Å². The van der Waals surface area contributed by atoms with Crippen molar-refractivity contribution in [1.29, 1.82) is 0 Å². The third-order valence-corrected chi connectivity index (χ3v) is 6.30. The number of hydrogen-bond acceptors (Lipinski definition) is 6. The number of carbonyl (C=O) groups is 2. The predicted octanol–water partition coefficient (Wildman–Crippen LogP) is 5.72. The maximum absolute atomic E-state index is 12.3. The molecule has 0 bridgehead atoms. The van der Waals surface area contributed by atoms with Gasteiger partial charge in [-0.3, -0.25) is 4.79 Å². The number of phenols is 1. The first kappa shape index (κ1) is 28.4. The molecule has 0 amide bonds. The summed E-state index contributed by atoms with van der Waals surface area (Å²) in [5.74, 6) is -1.55. The van der Waals surface area contributed by atoms with E-state index in [2.05, 4.69) is 16.7 Å². The minimum atomic E-state index is -1.10. The fourth-order valence-electron chi connectivity index (χ4n) is 4.54. The van der Waals surface area contributed by atoms with E-state index in [1.54, 1.807) is 18.2 Å². The average molecular weight is 521 g/mol. The highest BCUT2D eigenvalue weighted by Crippen LogP contribution is 2.41. The number of aryl methyl sites for hydroxylation is 1. The molecule has 0 atom stereocenters. The van der Waals surface area contributed by atoms with E-state index in [1.807, 2.05) is 39.8 Å². The smallest absolute Gasteiger partial charge is 0.336 e. The van der Waals surface area contributed by atoms with Gasteiger partial charge in [-0.2, -0.15) is 0 Å². The Balaban J connectivity index is 2.22. The second-order valence-electron chi connectivity index (χ2n) is 9.15. The zero-order valence-corrected chi connectivity index (χ0v) is 22.4. The minimum Gasteiger partial charge on any atom is -0.507 e. The summed E-state index contributed by atoms with van der Waals surface area (Å²) in [6.45, 7) is 9.58. The summed E-state index contributed by atoms with van der Waals surface area (Å²) in [5.41, 5.74) is 6.22. The van der Waals surface area contributed by atoms with Gasteiger partial charge in [0.15, 0.2) is 0 Å². The molecular formula is C30H36N2O6. The number of nitrogens with one attached hydrogen (secondary N) is 2. The number of rotatable bonds is 12. The summed E-state index contributed by atoms with van der Waals surface area (Å²) in [5, 5.41) is 36.8. The maximum Gasteiger partial charge on any atom is 0.336 e. The number of hydrogen-bond donors (Lipinski definition) is 5. The Bertz CT molecular complexity index is 1310. The number of carboxylic acids is 2. The molecule has 0 unspecified atom stereocenters. The van der Waals surface area contributed by atoms with Gasteiger partial charge in [0.05, 0.1) is 12.2 Å². The number of likely N-dealkylation sites (N-methyl/N-ethyl adjacent to an activating group) is 1. The van der Waals surface area contributed by atoms with Crippen molar-refractivity contribution in [2.75, 3.05) is 25.0 Å². The van der Waals surface area contributed by atoms with Crippen LogP contribution in [0.4, 0.5) is 5.69 Å². The number of aliphatic carboxylic acids is 1. The lowest BCUT2D eigenvalue weighted by Crippen LogP contribution is -2.15. The lowest BCUT2D eigenvalue weighted by molar-refractivity contribution is -0.137. The van der Waals surface area contributed by atoms with Crippen molar-refractivity contribution in [2.24, 2.45) is 0 Å². The van der Waals surface area contributed by atoms with Gasteiger partial charge < -0.3 is 30.7 Å². The number of phenolic OH excluding ortho intramolecular Hbond substituents is 1. The molecule has 8 heteroatoms. The highest BCUT2D eigenvalue weighted by atomic mass is 16.5. The zero-order valence-electron chi connectivity index (χ0n) is 22.4. The molecular weight excluding hydrogens is 484 g/mol. The summed E-state index contributed by atoms with van der Waals surface area (Å²) in [4.78, 5) is 23.2. The molecule has 1 aliphatic rings. The third-order valence-electron chi connectivity index (χ3n) is 6.30. The van der Waals surface area contributed by atoms with Crippen LogP contribution in [-0.4, -0.2) is 47.0 Å². The molecule has 0 aliphatic heterocycles. The molecule has 0 fully saturated rings. The normalized spacial score (nSPS) is 14.3. The van der Waals surface area contributed by atoms with Crippen LogP contribution in [0.2, 0.25) is 0 Å². The molecule has 38 heavy (non-hydrogen) atoms. The van der Waals surface area contributed by atoms with Gasteiger partial charge in [0.1, 0.15) is 11.5 Å². The van der Waals surface area contributed by atoms with E-state index in [1.165, 1.54) is 6.07 Å². The van der Waals surface area contributed by atoms with E-state index >= 15 is 0 Å². The number of benzene rings is 2. The van der Waals surface area contributed by atoms with E-state index in [0.29, 0.717) is 41.8 Å². The Morgan fingerprint density at radius 3 is 2.34 bits per heavy atom. The van der Waals surface area contributed by atoms with Gasteiger partial charge in [-0.15, -0.1) is 0 Å². The summed E-state index contributed by atoms with van der Waals surface area (Å²) in [6.07, 6.45) is 4.92. The van der Waals surface area contributed by atoms with Crippen LogP contribution in [0.25, 0.3) is 5.57 Å². The first-order valence-corrected chi connectivity index (χ1v) is 12.8. The number of ether oxygens (including phenoxy) is 1. The van der Waals surface area contributed by atoms with Crippen LogP contribution in [0.15, 0.2) is 59.3 Å². The van der Waals surface area contributed by atoms with Crippen molar-refractivity contribution in [3.63, 3.8) is 0 Å². The fraction of sp³-hybridized carbons (Fsp3) is 0.333. The van der Waals surface area contributed by atoms with E-state index in [4.69, 9.17) is 9.84 Å². The molecule has 3 rings (SSSR count). The van der Waals surface area contributed by atoms with Crippen molar-refractivity contribution in [3.05, 3.63) is 81.6 Å². The van der Waals surface area contributed by atoms with Crippen molar-refractivity contribution < 1.29 is 29.6 Å². The summed E-state index contributed by atoms with van der Waals surface area (Å²) < 4.78 is 5.79. The molecule has 1 aliphatic carbocycles. The molecule has 202 valence electrons. The SMILES string of the molecule is CCNC1=CC/C(=C(\c2cc(C)c(NCC)cc2O)c2cc(OCCCC(=O)O)ccc2C(=O)O)C=C1C.